The van der Waals surface area contributed by atoms with E-state index in [1.54, 1.807) is 24.7 Å². The molecule has 2 heterocycles. The van der Waals surface area contributed by atoms with Gasteiger partial charge < -0.3 is 0 Å². The van der Waals surface area contributed by atoms with Gasteiger partial charge in [0.05, 0.1) is 0 Å². The first kappa shape index (κ1) is 6.03. The first-order valence-electron chi connectivity index (χ1n) is 3.23. The summed E-state index contributed by atoms with van der Waals surface area (Å²) in [5, 5.41) is 6.57. The van der Waals surface area contributed by atoms with Crippen LogP contribution in [0.5, 0.6) is 0 Å². The lowest BCUT2D eigenvalue weighted by Gasteiger charge is -1.90. The van der Waals surface area contributed by atoms with Gasteiger partial charge in [0.15, 0.2) is 5.82 Å². The van der Waals surface area contributed by atoms with E-state index in [1.807, 2.05) is 6.07 Å². The van der Waals surface area contributed by atoms with E-state index in [0.29, 0.717) is 5.82 Å². The number of nitrogens with one attached hydrogen (secondary N) is 1. The smallest absolute Gasteiger partial charge is 0.177 e. The minimum atomic E-state index is 0.671. The third kappa shape index (κ3) is 1.10. The zero-order valence-electron chi connectivity index (χ0n) is 5.73. The van der Waals surface area contributed by atoms with Crippen LogP contribution in [-0.2, 0) is 0 Å². The Balaban J connectivity index is 2.46. The monoisotopic (exact) mass is 146 g/mol. The molecule has 2 rings (SSSR count). The first-order chi connectivity index (χ1) is 5.47. The zero-order valence-corrected chi connectivity index (χ0v) is 5.73. The predicted octanol–water partition coefficient (Wildman–Crippen LogP) is 0.867. The van der Waals surface area contributed by atoms with E-state index in [4.69, 9.17) is 0 Å². The van der Waals surface area contributed by atoms with Gasteiger partial charge in [-0.15, -0.1) is 0 Å². The van der Waals surface area contributed by atoms with E-state index in [2.05, 4.69) is 20.2 Å². The van der Waals surface area contributed by atoms with Crippen molar-refractivity contribution in [3.8, 4) is 11.5 Å². The van der Waals surface area contributed by atoms with E-state index in [9.17, 15) is 0 Å². The minimum absolute atomic E-state index is 0.671. The van der Waals surface area contributed by atoms with E-state index in [1.165, 1.54) is 0 Å². The van der Waals surface area contributed by atoms with Crippen molar-refractivity contribution >= 4 is 0 Å². The van der Waals surface area contributed by atoms with Gasteiger partial charge in [-0.3, -0.25) is 5.10 Å². The highest BCUT2D eigenvalue weighted by Gasteiger charge is 1.97. The van der Waals surface area contributed by atoms with Gasteiger partial charge in [0.2, 0.25) is 0 Å². The van der Waals surface area contributed by atoms with Crippen molar-refractivity contribution in [2.45, 2.75) is 0 Å². The summed E-state index contributed by atoms with van der Waals surface area (Å²) in [5.41, 5.74) is 0.839. The maximum absolute atomic E-state index is 4.04. The number of aromatic amines is 1. The lowest BCUT2D eigenvalue weighted by atomic mass is 10.4. The zero-order chi connectivity index (χ0) is 7.52. The lowest BCUT2D eigenvalue weighted by molar-refractivity contribution is 1.06. The molecule has 0 aliphatic heterocycles. The number of H-pyrrole nitrogens is 1. The normalized spacial score (nSPS) is 9.82. The summed E-state index contributed by atoms with van der Waals surface area (Å²) >= 11 is 0. The molecule has 0 radical (unpaired) electrons. The average Bonchev–Trinajstić information content (AvgIpc) is 2.58. The molecule has 0 aliphatic carbocycles. The molecule has 54 valence electrons. The molecule has 2 aromatic rings. The van der Waals surface area contributed by atoms with E-state index in [0.717, 1.165) is 5.69 Å². The molecule has 0 bridgehead atoms. The second-order valence-corrected chi connectivity index (χ2v) is 2.04. The van der Waals surface area contributed by atoms with Gasteiger partial charge in [0.1, 0.15) is 5.69 Å². The molecule has 1 N–H and O–H groups in total. The predicted molar refractivity (Wildman–Crippen MR) is 39.6 cm³/mol. The van der Waals surface area contributed by atoms with Crippen molar-refractivity contribution in [1.29, 1.82) is 0 Å². The van der Waals surface area contributed by atoms with Gasteiger partial charge >= 0.3 is 0 Å². The molecule has 0 fully saturated rings. The van der Waals surface area contributed by atoms with Gasteiger partial charge in [0, 0.05) is 18.6 Å². The fourth-order valence-corrected chi connectivity index (χ4v) is 0.819. The lowest BCUT2D eigenvalue weighted by Crippen LogP contribution is -1.85. The molecule has 0 amide bonds. The van der Waals surface area contributed by atoms with Crippen LogP contribution < -0.4 is 0 Å². The average molecular weight is 146 g/mol. The Kier molecular flexibility index (Phi) is 1.37. The summed E-state index contributed by atoms with van der Waals surface area (Å²) in [6.07, 6.45) is 5.07. The highest BCUT2D eigenvalue weighted by molar-refractivity contribution is 5.46. The van der Waals surface area contributed by atoms with Crippen LogP contribution >= 0.6 is 0 Å². The number of nitrogens with zero attached hydrogens (tertiary/aromatic N) is 3. The molecule has 0 spiro atoms. The van der Waals surface area contributed by atoms with Gasteiger partial charge in [-0.2, -0.15) is 5.10 Å². The molecule has 0 aromatic carbocycles. The van der Waals surface area contributed by atoms with Crippen molar-refractivity contribution in [3.05, 3.63) is 30.7 Å². The highest BCUT2D eigenvalue weighted by Crippen LogP contribution is 2.06. The number of rotatable bonds is 1. The largest absolute Gasteiger partial charge is 0.275 e. The maximum Gasteiger partial charge on any atom is 0.177 e. The molecule has 4 heteroatoms. The molecule has 0 aliphatic rings. The van der Waals surface area contributed by atoms with Crippen molar-refractivity contribution in [2.75, 3.05) is 0 Å². The molecule has 0 atom stereocenters. The second kappa shape index (κ2) is 2.49. The number of hydrogen-bond acceptors (Lipinski definition) is 3. The minimum Gasteiger partial charge on any atom is -0.275 e. The summed E-state index contributed by atoms with van der Waals surface area (Å²) < 4.78 is 0. The molecule has 0 saturated carbocycles. The second-order valence-electron chi connectivity index (χ2n) is 2.04. The Morgan fingerprint density at radius 2 is 1.91 bits per heavy atom. The molecular formula is C7H6N4. The SMILES string of the molecule is c1cnc(-c2ccn[nH]2)nc1. The van der Waals surface area contributed by atoms with Crippen LogP contribution in [0, 0.1) is 0 Å². The summed E-state index contributed by atoms with van der Waals surface area (Å²) in [5.74, 6) is 0.671. The first-order valence-corrected chi connectivity index (χ1v) is 3.23. The van der Waals surface area contributed by atoms with Gasteiger partial charge in [0.25, 0.3) is 0 Å². The fourth-order valence-electron chi connectivity index (χ4n) is 0.819. The van der Waals surface area contributed by atoms with Gasteiger partial charge in [-0.25, -0.2) is 9.97 Å². The Morgan fingerprint density at radius 3 is 2.55 bits per heavy atom. The molecule has 0 saturated heterocycles. The summed E-state index contributed by atoms with van der Waals surface area (Å²) in [4.78, 5) is 8.08. The van der Waals surface area contributed by atoms with E-state index >= 15 is 0 Å². The Hall–Kier alpha value is -1.71. The van der Waals surface area contributed by atoms with Crippen molar-refractivity contribution in [2.24, 2.45) is 0 Å². The van der Waals surface area contributed by atoms with Crippen molar-refractivity contribution < 1.29 is 0 Å². The fraction of sp³-hybridized carbons (Fsp3) is 0. The van der Waals surface area contributed by atoms with Crippen molar-refractivity contribution in [3.63, 3.8) is 0 Å². The topological polar surface area (TPSA) is 54.5 Å². The van der Waals surface area contributed by atoms with Crippen LogP contribution in [-0.4, -0.2) is 20.2 Å². The van der Waals surface area contributed by atoms with Crippen LogP contribution in [0.25, 0.3) is 11.5 Å². The molecule has 2 aromatic heterocycles. The summed E-state index contributed by atoms with van der Waals surface area (Å²) in [7, 11) is 0. The van der Waals surface area contributed by atoms with Crippen LogP contribution in [0.4, 0.5) is 0 Å². The van der Waals surface area contributed by atoms with Gasteiger partial charge in [-0.1, -0.05) is 0 Å². The van der Waals surface area contributed by atoms with E-state index in [-0.39, 0.29) is 0 Å². The van der Waals surface area contributed by atoms with Crippen LogP contribution in [0.3, 0.4) is 0 Å². The Morgan fingerprint density at radius 1 is 1.09 bits per heavy atom. The maximum atomic E-state index is 4.04. The number of hydrogen-bond donors (Lipinski definition) is 1. The summed E-state index contributed by atoms with van der Waals surface area (Å²) in [6.45, 7) is 0. The molecular weight excluding hydrogens is 140 g/mol. The molecule has 11 heavy (non-hydrogen) atoms. The van der Waals surface area contributed by atoms with Crippen LogP contribution in [0.2, 0.25) is 0 Å². The van der Waals surface area contributed by atoms with Gasteiger partial charge in [-0.05, 0) is 12.1 Å². The quantitative estimate of drug-likeness (QED) is 0.649. The Bertz CT molecular complexity index is 313. The van der Waals surface area contributed by atoms with Crippen LogP contribution in [0.15, 0.2) is 30.7 Å². The third-order valence-electron chi connectivity index (χ3n) is 1.31. The van der Waals surface area contributed by atoms with Crippen LogP contribution in [0.1, 0.15) is 0 Å². The summed E-state index contributed by atoms with van der Waals surface area (Å²) in [6, 6.07) is 3.61. The standard InChI is InChI=1S/C7H6N4/c1-3-8-7(9-4-1)6-2-5-10-11-6/h1-5H,(H,10,11). The van der Waals surface area contributed by atoms with Crippen molar-refractivity contribution in [1.82, 2.24) is 20.2 Å². The third-order valence-corrected chi connectivity index (χ3v) is 1.31. The Labute approximate surface area is 63.3 Å². The van der Waals surface area contributed by atoms with E-state index < -0.39 is 0 Å². The number of aromatic nitrogens is 4. The molecule has 4 nitrogen and oxygen atoms in total. The molecule has 0 unspecified atom stereocenters. The highest BCUT2D eigenvalue weighted by atomic mass is 15.1.